The van der Waals surface area contributed by atoms with E-state index in [1.165, 1.54) is 24.3 Å². The van der Waals surface area contributed by atoms with Crippen molar-refractivity contribution < 1.29 is 8.78 Å². The number of rotatable bonds is 2. The van der Waals surface area contributed by atoms with Gasteiger partial charge in [0, 0.05) is 11.1 Å². The molecular formula is C13H6Cl4F2. The summed E-state index contributed by atoms with van der Waals surface area (Å²) in [5.74, 6) is -1.02. The molecule has 0 aliphatic rings. The molecule has 0 heterocycles. The minimum absolute atomic E-state index is 0.0605. The zero-order chi connectivity index (χ0) is 14.2. The highest BCUT2D eigenvalue weighted by Gasteiger charge is 2.33. The summed E-state index contributed by atoms with van der Waals surface area (Å²) in [6.07, 6.45) is 0. The first-order chi connectivity index (χ1) is 8.82. The molecule has 0 unspecified atom stereocenters. The molecule has 0 aliphatic heterocycles. The van der Waals surface area contributed by atoms with Gasteiger partial charge in [0.1, 0.15) is 11.6 Å². The summed E-state index contributed by atoms with van der Waals surface area (Å²) in [4.78, 5) is 0. The summed E-state index contributed by atoms with van der Waals surface area (Å²) >= 11 is 24.4. The van der Waals surface area contributed by atoms with Crippen LogP contribution in [0.15, 0.2) is 36.4 Å². The first-order valence-corrected chi connectivity index (χ1v) is 6.62. The SMILES string of the molecule is Fc1ccc(C(Cl)(Cl)c2ccc(F)cc2Cl)c(Cl)c1. The van der Waals surface area contributed by atoms with Crippen molar-refractivity contribution in [2.75, 3.05) is 0 Å². The third-order valence-corrected chi connectivity index (χ3v) is 3.98. The summed E-state index contributed by atoms with van der Waals surface area (Å²) in [6.45, 7) is 0. The van der Waals surface area contributed by atoms with Crippen LogP contribution >= 0.6 is 46.4 Å². The fourth-order valence-corrected chi connectivity index (χ4v) is 3.10. The van der Waals surface area contributed by atoms with Crippen LogP contribution in [0.4, 0.5) is 8.78 Å². The Kier molecular flexibility index (Phi) is 4.26. The minimum atomic E-state index is -1.60. The zero-order valence-corrected chi connectivity index (χ0v) is 12.3. The van der Waals surface area contributed by atoms with Crippen LogP contribution in [0, 0.1) is 11.6 Å². The van der Waals surface area contributed by atoms with Crippen molar-refractivity contribution in [1.29, 1.82) is 0 Å². The molecular weight excluding hydrogens is 336 g/mol. The van der Waals surface area contributed by atoms with Gasteiger partial charge in [-0.15, -0.1) is 0 Å². The molecule has 0 saturated heterocycles. The minimum Gasteiger partial charge on any atom is -0.207 e. The van der Waals surface area contributed by atoms with E-state index in [9.17, 15) is 8.78 Å². The molecule has 6 heteroatoms. The molecule has 0 bridgehead atoms. The fourth-order valence-electron chi connectivity index (χ4n) is 1.63. The standard InChI is InChI=1S/C13H6Cl4F2/c14-11-5-7(18)1-3-9(11)13(16,17)10-4-2-8(19)6-12(10)15/h1-6H. The van der Waals surface area contributed by atoms with Crippen LogP contribution in [0.3, 0.4) is 0 Å². The second-order valence-corrected chi connectivity index (χ2v) is 5.96. The van der Waals surface area contributed by atoms with Crippen molar-refractivity contribution >= 4 is 46.4 Å². The van der Waals surface area contributed by atoms with Crippen LogP contribution in [0.5, 0.6) is 0 Å². The van der Waals surface area contributed by atoms with Gasteiger partial charge in [0.2, 0.25) is 0 Å². The normalized spacial score (nSPS) is 11.7. The summed E-state index contributed by atoms with van der Waals surface area (Å²) in [5, 5.41) is 0.121. The van der Waals surface area contributed by atoms with Crippen molar-refractivity contribution in [1.82, 2.24) is 0 Å². The molecule has 0 aromatic heterocycles. The third-order valence-electron chi connectivity index (χ3n) is 2.54. The molecule has 0 amide bonds. The van der Waals surface area contributed by atoms with Gasteiger partial charge in [-0.1, -0.05) is 58.5 Å². The molecule has 0 atom stereocenters. The Hall–Kier alpha value is -0.540. The molecule has 0 radical (unpaired) electrons. The maximum Gasteiger partial charge on any atom is 0.171 e. The van der Waals surface area contributed by atoms with E-state index in [2.05, 4.69) is 0 Å². The highest BCUT2D eigenvalue weighted by molar-refractivity contribution is 6.52. The Morgan fingerprint density at radius 2 is 1.11 bits per heavy atom. The van der Waals surface area contributed by atoms with Crippen LogP contribution in [-0.4, -0.2) is 0 Å². The molecule has 0 saturated carbocycles. The van der Waals surface area contributed by atoms with E-state index in [0.29, 0.717) is 0 Å². The summed E-state index contributed by atoms with van der Waals surface area (Å²) < 4.78 is 24.4. The molecule has 19 heavy (non-hydrogen) atoms. The molecule has 2 aromatic carbocycles. The molecule has 2 aromatic rings. The van der Waals surface area contributed by atoms with Gasteiger partial charge in [-0.05, 0) is 24.3 Å². The smallest absolute Gasteiger partial charge is 0.171 e. The van der Waals surface area contributed by atoms with Crippen LogP contribution in [0.25, 0.3) is 0 Å². The van der Waals surface area contributed by atoms with E-state index in [1.54, 1.807) is 0 Å². The fraction of sp³-hybridized carbons (Fsp3) is 0.0769. The summed E-state index contributed by atoms with van der Waals surface area (Å²) in [5.41, 5.74) is 0.541. The van der Waals surface area contributed by atoms with E-state index >= 15 is 0 Å². The van der Waals surface area contributed by atoms with Crippen molar-refractivity contribution in [3.63, 3.8) is 0 Å². The average Bonchev–Trinajstić information content (AvgIpc) is 2.27. The van der Waals surface area contributed by atoms with Gasteiger partial charge in [0.05, 0.1) is 10.0 Å². The lowest BCUT2D eigenvalue weighted by molar-refractivity contribution is 0.626. The quantitative estimate of drug-likeness (QED) is 0.592. The highest BCUT2D eigenvalue weighted by atomic mass is 35.5. The largest absolute Gasteiger partial charge is 0.207 e. The first kappa shape index (κ1) is 14.9. The van der Waals surface area contributed by atoms with Gasteiger partial charge in [-0.2, -0.15) is 0 Å². The van der Waals surface area contributed by atoms with Crippen LogP contribution < -0.4 is 0 Å². The third kappa shape index (κ3) is 2.97. The monoisotopic (exact) mass is 340 g/mol. The topological polar surface area (TPSA) is 0 Å². The zero-order valence-electron chi connectivity index (χ0n) is 9.23. The maximum atomic E-state index is 13.0. The van der Waals surface area contributed by atoms with Crippen molar-refractivity contribution in [2.24, 2.45) is 0 Å². The van der Waals surface area contributed by atoms with Crippen molar-refractivity contribution in [3.8, 4) is 0 Å². The Labute approximate surface area is 128 Å². The number of hydrogen-bond acceptors (Lipinski definition) is 0. The predicted molar refractivity (Wildman–Crippen MR) is 75.3 cm³/mol. The van der Waals surface area contributed by atoms with E-state index in [0.717, 1.165) is 12.1 Å². The molecule has 0 fully saturated rings. The molecule has 0 N–H and O–H groups in total. The van der Waals surface area contributed by atoms with E-state index < -0.39 is 16.0 Å². The van der Waals surface area contributed by atoms with E-state index in [4.69, 9.17) is 46.4 Å². The first-order valence-electron chi connectivity index (χ1n) is 5.11. The van der Waals surface area contributed by atoms with E-state index in [1.807, 2.05) is 0 Å². The molecule has 100 valence electrons. The maximum absolute atomic E-state index is 13.0. The van der Waals surface area contributed by atoms with Gasteiger partial charge < -0.3 is 0 Å². The number of benzene rings is 2. The average molecular weight is 342 g/mol. The van der Waals surface area contributed by atoms with Gasteiger partial charge in [-0.25, -0.2) is 8.78 Å². The van der Waals surface area contributed by atoms with Gasteiger partial charge >= 0.3 is 0 Å². The second-order valence-electron chi connectivity index (χ2n) is 3.82. The summed E-state index contributed by atoms with van der Waals surface area (Å²) in [6, 6.07) is 7.26. The lowest BCUT2D eigenvalue weighted by atomic mass is 10.0. The van der Waals surface area contributed by atoms with E-state index in [-0.39, 0.29) is 21.2 Å². The Morgan fingerprint density at radius 1 is 0.737 bits per heavy atom. The molecule has 0 nitrogen and oxygen atoms in total. The van der Waals surface area contributed by atoms with Crippen molar-refractivity contribution in [3.05, 3.63) is 69.2 Å². The Balaban J connectivity index is 2.58. The number of hydrogen-bond donors (Lipinski definition) is 0. The molecule has 0 aliphatic carbocycles. The van der Waals surface area contributed by atoms with Gasteiger partial charge in [0.15, 0.2) is 4.33 Å². The molecule has 0 spiro atoms. The van der Waals surface area contributed by atoms with Gasteiger partial charge in [-0.3, -0.25) is 0 Å². The van der Waals surface area contributed by atoms with Gasteiger partial charge in [0.25, 0.3) is 0 Å². The molecule has 2 rings (SSSR count). The predicted octanol–water partition coefficient (Wildman–Crippen LogP) is 5.95. The van der Waals surface area contributed by atoms with Crippen molar-refractivity contribution in [2.45, 2.75) is 4.33 Å². The van der Waals surface area contributed by atoms with Crippen LogP contribution in [0.2, 0.25) is 10.0 Å². The second kappa shape index (κ2) is 5.45. The Bertz CT molecular complexity index is 573. The Morgan fingerprint density at radius 3 is 1.42 bits per heavy atom. The highest BCUT2D eigenvalue weighted by Crippen LogP contribution is 2.46. The lowest BCUT2D eigenvalue weighted by Gasteiger charge is -2.23. The van der Waals surface area contributed by atoms with Crippen LogP contribution in [0.1, 0.15) is 11.1 Å². The number of halogens is 6. The summed E-state index contributed by atoms with van der Waals surface area (Å²) in [7, 11) is 0. The number of alkyl halides is 2. The van der Waals surface area contributed by atoms with Crippen LogP contribution in [-0.2, 0) is 4.33 Å². The lowest BCUT2D eigenvalue weighted by Crippen LogP contribution is -2.14.